The Bertz CT molecular complexity index is 633. The van der Waals surface area contributed by atoms with Gasteiger partial charge < -0.3 is 10.0 Å². The minimum absolute atomic E-state index is 0.242. The van der Waals surface area contributed by atoms with Crippen molar-refractivity contribution in [3.63, 3.8) is 0 Å². The molecule has 0 spiro atoms. The fourth-order valence-corrected chi connectivity index (χ4v) is 2.75. The maximum atomic E-state index is 13.9. The summed E-state index contributed by atoms with van der Waals surface area (Å²) >= 11 is 0. The number of halogens is 1. The van der Waals surface area contributed by atoms with Crippen LogP contribution in [0.1, 0.15) is 12.0 Å². The van der Waals surface area contributed by atoms with E-state index in [0.29, 0.717) is 12.0 Å². The van der Waals surface area contributed by atoms with Crippen molar-refractivity contribution in [2.75, 3.05) is 33.8 Å². The second kappa shape index (κ2) is 8.10. The lowest BCUT2D eigenvalue weighted by Crippen LogP contribution is -2.28. The maximum Gasteiger partial charge on any atom is 0.243 e. The first-order valence-corrected chi connectivity index (χ1v) is 7.89. The van der Waals surface area contributed by atoms with Gasteiger partial charge in [0.1, 0.15) is 17.3 Å². The Morgan fingerprint density at radius 2 is 2.10 bits per heavy atom. The van der Waals surface area contributed by atoms with Gasteiger partial charge in [0.25, 0.3) is 0 Å². The van der Waals surface area contributed by atoms with Crippen LogP contribution in [0.5, 0.6) is 0 Å². The number of hydrogen-bond acceptors (Lipinski definition) is 4. The molecule has 0 saturated heterocycles. The molecule has 2 N–H and O–H groups in total. The lowest BCUT2D eigenvalue weighted by molar-refractivity contribution is 0.350. The number of aliphatic hydroxyl groups is 1. The number of aliphatic hydroxyl groups excluding tert-OH is 1. The van der Waals surface area contributed by atoms with Gasteiger partial charge in [-0.05, 0) is 45.3 Å². The van der Waals surface area contributed by atoms with Crippen molar-refractivity contribution < 1.29 is 17.9 Å². The normalized spacial score (nSPS) is 11.3. The van der Waals surface area contributed by atoms with E-state index in [4.69, 9.17) is 5.11 Å². The van der Waals surface area contributed by atoms with Gasteiger partial charge in [0, 0.05) is 12.1 Å². The summed E-state index contributed by atoms with van der Waals surface area (Å²) in [6, 6.07) is 3.61. The summed E-state index contributed by atoms with van der Waals surface area (Å²) in [7, 11) is -0.0889. The molecule has 0 radical (unpaired) electrons. The van der Waals surface area contributed by atoms with Gasteiger partial charge in [-0.15, -0.1) is 0 Å². The van der Waals surface area contributed by atoms with E-state index in [2.05, 4.69) is 16.6 Å². The zero-order chi connectivity index (χ0) is 15.9. The SMILES string of the molecule is CN(C)CCCNS(=O)(=O)c1ccc(C#CCO)cc1F. The second-order valence-corrected chi connectivity index (χ2v) is 6.40. The molecule has 5 nitrogen and oxygen atoms in total. The van der Waals surface area contributed by atoms with Crippen LogP contribution in [0.25, 0.3) is 0 Å². The van der Waals surface area contributed by atoms with Gasteiger partial charge in [0.15, 0.2) is 0 Å². The number of sulfonamides is 1. The Morgan fingerprint density at radius 1 is 1.38 bits per heavy atom. The Kier molecular flexibility index (Phi) is 6.78. The highest BCUT2D eigenvalue weighted by Crippen LogP contribution is 2.15. The quantitative estimate of drug-likeness (QED) is 0.589. The summed E-state index contributed by atoms with van der Waals surface area (Å²) in [4.78, 5) is 1.53. The zero-order valence-corrected chi connectivity index (χ0v) is 12.9. The highest BCUT2D eigenvalue weighted by molar-refractivity contribution is 7.89. The number of rotatable bonds is 6. The van der Waals surface area contributed by atoms with E-state index in [1.165, 1.54) is 12.1 Å². The molecule has 21 heavy (non-hydrogen) atoms. The molecule has 0 atom stereocenters. The van der Waals surface area contributed by atoms with Gasteiger partial charge in [-0.2, -0.15) is 0 Å². The Balaban J connectivity index is 2.79. The van der Waals surface area contributed by atoms with Crippen molar-refractivity contribution >= 4 is 10.0 Å². The summed E-state index contributed by atoms with van der Waals surface area (Å²) in [5.41, 5.74) is 0.313. The van der Waals surface area contributed by atoms with Crippen molar-refractivity contribution in [2.45, 2.75) is 11.3 Å². The molecule has 0 fully saturated rings. The van der Waals surface area contributed by atoms with Crippen LogP contribution >= 0.6 is 0 Å². The number of nitrogens with zero attached hydrogens (tertiary/aromatic N) is 1. The van der Waals surface area contributed by atoms with Crippen LogP contribution in [-0.4, -0.2) is 52.2 Å². The van der Waals surface area contributed by atoms with E-state index in [1.54, 1.807) is 0 Å². The van der Waals surface area contributed by atoms with Crippen LogP contribution in [0.3, 0.4) is 0 Å². The van der Waals surface area contributed by atoms with E-state index in [9.17, 15) is 12.8 Å². The highest BCUT2D eigenvalue weighted by Gasteiger charge is 2.18. The lowest BCUT2D eigenvalue weighted by atomic mass is 10.2. The van der Waals surface area contributed by atoms with Crippen LogP contribution in [0, 0.1) is 17.7 Å². The first kappa shape index (κ1) is 17.6. The van der Waals surface area contributed by atoms with Gasteiger partial charge in [-0.25, -0.2) is 17.5 Å². The van der Waals surface area contributed by atoms with Crippen LogP contribution in [0.4, 0.5) is 4.39 Å². The number of nitrogens with one attached hydrogen (secondary N) is 1. The van der Waals surface area contributed by atoms with Crippen molar-refractivity contribution in [1.29, 1.82) is 0 Å². The fourth-order valence-electron chi connectivity index (χ4n) is 1.62. The summed E-state index contributed by atoms with van der Waals surface area (Å²) < 4.78 is 40.2. The van der Waals surface area contributed by atoms with Crippen molar-refractivity contribution in [3.05, 3.63) is 29.6 Å². The van der Waals surface area contributed by atoms with Gasteiger partial charge >= 0.3 is 0 Å². The topological polar surface area (TPSA) is 69.6 Å². The Hall–Kier alpha value is -1.46. The third kappa shape index (κ3) is 5.81. The molecule has 1 aromatic carbocycles. The minimum atomic E-state index is -3.87. The van der Waals surface area contributed by atoms with Gasteiger partial charge in [-0.1, -0.05) is 11.8 Å². The first-order valence-electron chi connectivity index (χ1n) is 6.40. The van der Waals surface area contributed by atoms with E-state index < -0.39 is 20.7 Å². The monoisotopic (exact) mass is 314 g/mol. The third-order valence-electron chi connectivity index (χ3n) is 2.61. The lowest BCUT2D eigenvalue weighted by Gasteiger charge is -2.11. The minimum Gasteiger partial charge on any atom is -0.384 e. The second-order valence-electron chi connectivity index (χ2n) is 4.66. The zero-order valence-electron chi connectivity index (χ0n) is 12.1. The molecule has 0 unspecified atom stereocenters. The Labute approximate surface area is 124 Å². The van der Waals surface area contributed by atoms with E-state index in [0.717, 1.165) is 12.6 Å². The van der Waals surface area contributed by atoms with E-state index in [-0.39, 0.29) is 13.2 Å². The average molecular weight is 314 g/mol. The number of benzene rings is 1. The molecular formula is C14H19FN2O3S. The van der Waals surface area contributed by atoms with Crippen LogP contribution in [0.2, 0.25) is 0 Å². The first-order chi connectivity index (χ1) is 9.86. The van der Waals surface area contributed by atoms with E-state index in [1.807, 2.05) is 19.0 Å². The molecule has 0 aliphatic heterocycles. The van der Waals surface area contributed by atoms with Crippen molar-refractivity contribution in [2.24, 2.45) is 0 Å². The molecule has 0 heterocycles. The molecule has 116 valence electrons. The largest absolute Gasteiger partial charge is 0.384 e. The molecule has 0 saturated carbocycles. The molecular weight excluding hydrogens is 295 g/mol. The Morgan fingerprint density at radius 3 is 2.67 bits per heavy atom. The van der Waals surface area contributed by atoms with Gasteiger partial charge in [0.2, 0.25) is 10.0 Å². The summed E-state index contributed by atoms with van der Waals surface area (Å²) in [6.07, 6.45) is 0.633. The molecule has 7 heteroatoms. The van der Waals surface area contributed by atoms with Crippen LogP contribution in [-0.2, 0) is 10.0 Å². The summed E-state index contributed by atoms with van der Waals surface area (Å²) in [6.45, 7) is 0.641. The van der Waals surface area contributed by atoms with E-state index >= 15 is 0 Å². The fraction of sp³-hybridized carbons (Fsp3) is 0.429. The average Bonchev–Trinajstić information content (AvgIpc) is 2.41. The molecule has 0 amide bonds. The van der Waals surface area contributed by atoms with Crippen LogP contribution in [0.15, 0.2) is 23.1 Å². The van der Waals surface area contributed by atoms with Crippen molar-refractivity contribution in [3.8, 4) is 11.8 Å². The molecule has 0 aliphatic carbocycles. The highest BCUT2D eigenvalue weighted by atomic mass is 32.2. The molecule has 1 rings (SSSR count). The molecule has 0 aliphatic rings. The van der Waals surface area contributed by atoms with Gasteiger partial charge in [-0.3, -0.25) is 0 Å². The summed E-state index contributed by atoms with van der Waals surface area (Å²) in [5, 5.41) is 8.56. The van der Waals surface area contributed by atoms with Crippen molar-refractivity contribution in [1.82, 2.24) is 9.62 Å². The molecule has 0 bridgehead atoms. The standard InChI is InChI=1S/C14H19FN2O3S/c1-17(2)9-4-8-16-21(19,20)14-7-6-12(5-3-10-18)11-13(14)15/h6-7,11,16,18H,4,8-10H2,1-2H3. The predicted octanol–water partition coefficient (Wildman–Crippen LogP) is 0.400. The molecule has 0 aromatic heterocycles. The third-order valence-corrected chi connectivity index (χ3v) is 4.10. The van der Waals surface area contributed by atoms with Gasteiger partial charge in [0.05, 0.1) is 0 Å². The molecule has 1 aromatic rings. The predicted molar refractivity (Wildman–Crippen MR) is 78.7 cm³/mol. The summed E-state index contributed by atoms with van der Waals surface area (Å²) in [5.74, 6) is 4.03. The maximum absolute atomic E-state index is 13.9. The van der Waals surface area contributed by atoms with Crippen LogP contribution < -0.4 is 4.72 Å². The number of hydrogen-bond donors (Lipinski definition) is 2. The smallest absolute Gasteiger partial charge is 0.243 e.